The van der Waals surface area contributed by atoms with Crippen molar-refractivity contribution >= 4 is 35.4 Å². The third kappa shape index (κ3) is 7.82. The van der Waals surface area contributed by atoms with Gasteiger partial charge in [0.1, 0.15) is 11.4 Å². The largest absolute Gasteiger partial charge is 0.444 e. The van der Waals surface area contributed by atoms with Gasteiger partial charge in [-0.05, 0) is 57.2 Å². The number of carbonyl (C=O) groups is 3. The molecule has 0 atom stereocenters. The second-order valence-corrected chi connectivity index (χ2v) is 7.94. The predicted molar refractivity (Wildman–Crippen MR) is 109 cm³/mol. The standard InChI is InChI=1S/C20H22FN3O4S/c1-20(2,3)28-19(27)22-14-10-8-13(9-11-14)18(26)24-23-17(25)12-29-16-7-5-4-6-15(16)21/h4-11H,12H2,1-3H3,(H,22,27)(H,23,25)(H,24,26). The van der Waals surface area contributed by atoms with Crippen LogP contribution in [-0.4, -0.2) is 29.3 Å². The Kier molecular flexibility index (Phi) is 7.60. The first-order valence-corrected chi connectivity index (χ1v) is 9.69. The minimum atomic E-state index is -0.618. The van der Waals surface area contributed by atoms with Crippen molar-refractivity contribution in [2.24, 2.45) is 0 Å². The zero-order chi connectivity index (χ0) is 21.4. The Morgan fingerprint density at radius 2 is 1.66 bits per heavy atom. The van der Waals surface area contributed by atoms with Crippen LogP contribution in [0.25, 0.3) is 0 Å². The van der Waals surface area contributed by atoms with E-state index in [9.17, 15) is 18.8 Å². The van der Waals surface area contributed by atoms with Gasteiger partial charge in [-0.1, -0.05) is 12.1 Å². The lowest BCUT2D eigenvalue weighted by molar-refractivity contribution is -0.119. The van der Waals surface area contributed by atoms with Crippen LogP contribution in [0.1, 0.15) is 31.1 Å². The maximum Gasteiger partial charge on any atom is 0.412 e. The Morgan fingerprint density at radius 3 is 2.28 bits per heavy atom. The van der Waals surface area contributed by atoms with Crippen molar-refractivity contribution in [1.82, 2.24) is 10.9 Å². The number of carbonyl (C=O) groups excluding carboxylic acids is 3. The fraction of sp³-hybridized carbons (Fsp3) is 0.250. The third-order valence-corrected chi connectivity index (χ3v) is 4.35. The molecule has 7 nitrogen and oxygen atoms in total. The Bertz CT molecular complexity index is 882. The molecule has 0 unspecified atom stereocenters. The Labute approximate surface area is 172 Å². The average Bonchev–Trinajstić information content (AvgIpc) is 2.64. The minimum Gasteiger partial charge on any atom is -0.444 e. The fourth-order valence-corrected chi connectivity index (χ4v) is 2.81. The monoisotopic (exact) mass is 419 g/mol. The van der Waals surface area contributed by atoms with Crippen LogP contribution in [0.4, 0.5) is 14.9 Å². The summed E-state index contributed by atoms with van der Waals surface area (Å²) >= 11 is 1.02. The summed E-state index contributed by atoms with van der Waals surface area (Å²) < 4.78 is 18.7. The lowest BCUT2D eigenvalue weighted by Gasteiger charge is -2.19. The molecule has 9 heteroatoms. The van der Waals surface area contributed by atoms with E-state index in [2.05, 4.69) is 16.2 Å². The molecule has 3 amide bonds. The molecule has 29 heavy (non-hydrogen) atoms. The van der Waals surface area contributed by atoms with E-state index in [0.29, 0.717) is 10.6 Å². The molecule has 0 aromatic heterocycles. The van der Waals surface area contributed by atoms with Crippen molar-refractivity contribution in [3.05, 3.63) is 59.9 Å². The molecular formula is C20H22FN3O4S. The van der Waals surface area contributed by atoms with Crippen molar-refractivity contribution in [2.45, 2.75) is 31.3 Å². The molecular weight excluding hydrogens is 397 g/mol. The van der Waals surface area contributed by atoms with Crippen molar-refractivity contribution in [2.75, 3.05) is 11.1 Å². The SMILES string of the molecule is CC(C)(C)OC(=O)Nc1ccc(C(=O)NNC(=O)CSc2ccccc2F)cc1. The quantitative estimate of drug-likeness (QED) is 0.507. The third-order valence-electron chi connectivity index (χ3n) is 3.30. The predicted octanol–water partition coefficient (Wildman–Crippen LogP) is 3.73. The van der Waals surface area contributed by atoms with E-state index in [1.54, 1.807) is 39.0 Å². The van der Waals surface area contributed by atoms with Crippen LogP contribution in [0.5, 0.6) is 0 Å². The Balaban J connectivity index is 1.79. The van der Waals surface area contributed by atoms with Gasteiger partial charge in [0.05, 0.1) is 5.75 Å². The van der Waals surface area contributed by atoms with Gasteiger partial charge in [0.15, 0.2) is 0 Å². The van der Waals surface area contributed by atoms with Gasteiger partial charge < -0.3 is 4.74 Å². The number of nitrogens with one attached hydrogen (secondary N) is 3. The van der Waals surface area contributed by atoms with Gasteiger partial charge in [0.2, 0.25) is 5.91 Å². The Hall–Kier alpha value is -3.07. The average molecular weight is 419 g/mol. The summed E-state index contributed by atoms with van der Waals surface area (Å²) in [6, 6.07) is 12.2. The van der Waals surface area contributed by atoms with Crippen molar-refractivity contribution in [3.8, 4) is 0 Å². The number of rotatable bonds is 5. The highest BCUT2D eigenvalue weighted by Crippen LogP contribution is 2.20. The molecule has 0 aliphatic rings. The number of hydrogen-bond donors (Lipinski definition) is 3. The molecule has 3 N–H and O–H groups in total. The van der Waals surface area contributed by atoms with Crippen molar-refractivity contribution in [1.29, 1.82) is 0 Å². The second-order valence-electron chi connectivity index (χ2n) is 6.93. The first-order valence-electron chi connectivity index (χ1n) is 8.70. The van der Waals surface area contributed by atoms with Crippen LogP contribution in [0.15, 0.2) is 53.4 Å². The maximum atomic E-state index is 13.5. The van der Waals surface area contributed by atoms with E-state index in [1.165, 1.54) is 30.3 Å². The summed E-state index contributed by atoms with van der Waals surface area (Å²) in [6.07, 6.45) is -0.602. The van der Waals surface area contributed by atoms with Crippen LogP contribution < -0.4 is 16.2 Å². The minimum absolute atomic E-state index is 0.0556. The highest BCUT2D eigenvalue weighted by molar-refractivity contribution is 8.00. The molecule has 2 aromatic rings. The molecule has 0 spiro atoms. The van der Waals surface area contributed by atoms with Gasteiger partial charge in [0, 0.05) is 16.1 Å². The first-order chi connectivity index (χ1) is 13.6. The lowest BCUT2D eigenvalue weighted by Crippen LogP contribution is -2.42. The number of amides is 3. The van der Waals surface area contributed by atoms with E-state index in [4.69, 9.17) is 4.74 Å². The summed E-state index contributed by atoms with van der Waals surface area (Å²) in [5, 5.41) is 2.56. The molecule has 154 valence electrons. The van der Waals surface area contributed by atoms with Crippen LogP contribution in [0, 0.1) is 5.82 Å². The number of hydrazine groups is 1. The molecule has 0 saturated carbocycles. The van der Waals surface area contributed by atoms with Gasteiger partial charge in [-0.25, -0.2) is 9.18 Å². The maximum absolute atomic E-state index is 13.5. The summed E-state index contributed by atoms with van der Waals surface area (Å²) in [5.74, 6) is -1.47. The van der Waals surface area contributed by atoms with E-state index < -0.39 is 29.3 Å². The fourth-order valence-electron chi connectivity index (χ4n) is 2.07. The number of thioether (sulfide) groups is 1. The van der Waals surface area contributed by atoms with Gasteiger partial charge in [-0.2, -0.15) is 0 Å². The number of benzene rings is 2. The summed E-state index contributed by atoms with van der Waals surface area (Å²) in [5.41, 5.74) is 4.68. The number of hydrogen-bond acceptors (Lipinski definition) is 5. The Morgan fingerprint density at radius 1 is 1.00 bits per heavy atom. The topological polar surface area (TPSA) is 96.5 Å². The van der Waals surface area contributed by atoms with E-state index in [-0.39, 0.29) is 11.3 Å². The van der Waals surface area contributed by atoms with E-state index in [1.807, 2.05) is 0 Å². The van der Waals surface area contributed by atoms with Crippen LogP contribution in [-0.2, 0) is 9.53 Å². The molecule has 2 rings (SSSR count). The molecule has 0 aliphatic heterocycles. The molecule has 0 radical (unpaired) electrons. The lowest BCUT2D eigenvalue weighted by atomic mass is 10.2. The summed E-state index contributed by atoms with van der Waals surface area (Å²) in [4.78, 5) is 36.0. The van der Waals surface area contributed by atoms with E-state index >= 15 is 0 Å². The van der Waals surface area contributed by atoms with Gasteiger partial charge in [0.25, 0.3) is 5.91 Å². The molecule has 0 aliphatic carbocycles. The highest BCUT2D eigenvalue weighted by atomic mass is 32.2. The van der Waals surface area contributed by atoms with Crippen molar-refractivity contribution < 1.29 is 23.5 Å². The number of ether oxygens (including phenoxy) is 1. The van der Waals surface area contributed by atoms with Crippen LogP contribution >= 0.6 is 11.8 Å². The second kappa shape index (κ2) is 9.92. The number of halogens is 1. The zero-order valence-electron chi connectivity index (χ0n) is 16.2. The normalized spacial score (nSPS) is 10.8. The van der Waals surface area contributed by atoms with Crippen LogP contribution in [0.2, 0.25) is 0 Å². The highest BCUT2D eigenvalue weighted by Gasteiger charge is 2.16. The van der Waals surface area contributed by atoms with Gasteiger partial charge in [-0.3, -0.25) is 25.8 Å². The molecule has 0 bridgehead atoms. The van der Waals surface area contributed by atoms with Crippen LogP contribution in [0.3, 0.4) is 0 Å². The zero-order valence-corrected chi connectivity index (χ0v) is 17.1. The summed E-state index contributed by atoms with van der Waals surface area (Å²) in [6.45, 7) is 5.26. The number of anilines is 1. The van der Waals surface area contributed by atoms with Gasteiger partial charge in [-0.15, -0.1) is 11.8 Å². The first kappa shape index (κ1) is 22.2. The molecule has 0 heterocycles. The van der Waals surface area contributed by atoms with Crippen molar-refractivity contribution in [3.63, 3.8) is 0 Å². The molecule has 2 aromatic carbocycles. The van der Waals surface area contributed by atoms with E-state index in [0.717, 1.165) is 11.8 Å². The molecule has 0 saturated heterocycles. The molecule has 0 fully saturated rings. The smallest absolute Gasteiger partial charge is 0.412 e. The van der Waals surface area contributed by atoms with Gasteiger partial charge >= 0.3 is 6.09 Å². The summed E-state index contributed by atoms with van der Waals surface area (Å²) in [7, 11) is 0.